The third-order valence-corrected chi connectivity index (χ3v) is 6.23. The zero-order chi connectivity index (χ0) is 25.9. The van der Waals surface area contributed by atoms with Gasteiger partial charge in [-0.1, -0.05) is 42.5 Å². The number of para-hydroxylation sites is 2. The van der Waals surface area contributed by atoms with Gasteiger partial charge in [-0.05, 0) is 29.8 Å². The van der Waals surface area contributed by atoms with Gasteiger partial charge in [0.05, 0.1) is 40.6 Å². The van der Waals surface area contributed by atoms with Crippen LogP contribution in [0.2, 0.25) is 0 Å². The molecule has 2 aromatic heterocycles. The molecule has 0 radical (unpaired) electrons. The second-order valence-electron chi connectivity index (χ2n) is 8.98. The highest BCUT2D eigenvalue weighted by molar-refractivity contribution is 6.07. The number of H-pyrrole nitrogens is 1. The fourth-order valence-corrected chi connectivity index (χ4v) is 4.46. The van der Waals surface area contributed by atoms with Crippen molar-refractivity contribution in [3.05, 3.63) is 89.5 Å². The summed E-state index contributed by atoms with van der Waals surface area (Å²) >= 11 is 0. The summed E-state index contributed by atoms with van der Waals surface area (Å²) in [5.74, 6) is 0.981. The van der Waals surface area contributed by atoms with Crippen LogP contribution in [0.5, 0.6) is 0 Å². The maximum absolute atomic E-state index is 13.7. The minimum atomic E-state index is -0.211. The Balaban J connectivity index is 1.46. The Labute approximate surface area is 214 Å². The van der Waals surface area contributed by atoms with Gasteiger partial charge in [-0.15, -0.1) is 0 Å². The molecule has 2 N–H and O–H groups in total. The van der Waals surface area contributed by atoms with Crippen LogP contribution >= 0.6 is 0 Å². The van der Waals surface area contributed by atoms with Gasteiger partial charge < -0.3 is 24.5 Å². The molecular formula is C28H28N6O3. The van der Waals surface area contributed by atoms with Crippen LogP contribution in [0.15, 0.2) is 66.7 Å². The molecular weight excluding hydrogens is 468 g/mol. The molecule has 0 spiro atoms. The first-order valence-electron chi connectivity index (χ1n) is 11.9. The molecule has 0 atom stereocenters. The van der Waals surface area contributed by atoms with Gasteiger partial charge >= 0.3 is 0 Å². The topological polar surface area (TPSA) is 105 Å². The Kier molecular flexibility index (Phi) is 6.70. The number of carbonyl (C=O) groups excluding carboxylic acids is 2. The highest BCUT2D eigenvalue weighted by Gasteiger charge is 2.22. The standard InChI is InChI=1S/C28H28N6O3/c1-33(16-24-30-21-11-7-8-12-22(21)31-24)28(36)20-14-19(29-26(35)13-18-9-5-4-6-10-18)15-23-27(20)34(2)25(32-23)17-37-3/h4-12,14-15H,13,16-17H2,1-3H3,(H,29,35)(H,30,31). The molecule has 5 rings (SSSR count). The van der Waals surface area contributed by atoms with Crippen LogP contribution in [0.3, 0.4) is 0 Å². The number of fused-ring (bicyclic) bond motifs is 2. The fraction of sp³-hybridized carbons (Fsp3) is 0.214. The van der Waals surface area contributed by atoms with Gasteiger partial charge in [0.2, 0.25) is 5.91 Å². The lowest BCUT2D eigenvalue weighted by Gasteiger charge is -2.18. The van der Waals surface area contributed by atoms with Crippen molar-refractivity contribution in [1.29, 1.82) is 0 Å². The van der Waals surface area contributed by atoms with Gasteiger partial charge in [-0.25, -0.2) is 9.97 Å². The summed E-state index contributed by atoms with van der Waals surface area (Å²) in [4.78, 5) is 40.6. The van der Waals surface area contributed by atoms with Crippen molar-refractivity contribution in [3.8, 4) is 0 Å². The number of aromatic amines is 1. The number of rotatable bonds is 8. The third-order valence-electron chi connectivity index (χ3n) is 6.23. The van der Waals surface area contributed by atoms with Gasteiger partial charge in [-0.3, -0.25) is 9.59 Å². The molecule has 0 aliphatic heterocycles. The summed E-state index contributed by atoms with van der Waals surface area (Å²) < 4.78 is 7.15. The zero-order valence-electron chi connectivity index (χ0n) is 21.0. The van der Waals surface area contributed by atoms with Crippen LogP contribution < -0.4 is 5.32 Å². The molecule has 0 aliphatic carbocycles. The Morgan fingerprint density at radius 2 is 1.78 bits per heavy atom. The smallest absolute Gasteiger partial charge is 0.256 e. The quantitative estimate of drug-likeness (QED) is 0.337. The van der Waals surface area contributed by atoms with E-state index in [2.05, 4.69) is 20.3 Å². The number of hydrogen-bond acceptors (Lipinski definition) is 5. The lowest BCUT2D eigenvalue weighted by atomic mass is 10.1. The molecule has 0 saturated heterocycles. The number of anilines is 1. The number of amides is 2. The molecule has 9 nitrogen and oxygen atoms in total. The second-order valence-corrected chi connectivity index (χ2v) is 8.98. The van der Waals surface area contributed by atoms with E-state index >= 15 is 0 Å². The normalized spacial score (nSPS) is 11.2. The molecule has 3 aromatic carbocycles. The zero-order valence-corrected chi connectivity index (χ0v) is 21.0. The van der Waals surface area contributed by atoms with Crippen molar-refractivity contribution < 1.29 is 14.3 Å². The van der Waals surface area contributed by atoms with Crippen molar-refractivity contribution in [2.75, 3.05) is 19.5 Å². The maximum atomic E-state index is 13.7. The largest absolute Gasteiger partial charge is 0.377 e. The Morgan fingerprint density at radius 1 is 1.03 bits per heavy atom. The third kappa shape index (κ3) is 5.07. The number of aromatic nitrogens is 4. The van der Waals surface area contributed by atoms with Gasteiger partial charge in [0.25, 0.3) is 5.91 Å². The van der Waals surface area contributed by atoms with Gasteiger partial charge in [-0.2, -0.15) is 0 Å². The van der Waals surface area contributed by atoms with Crippen molar-refractivity contribution >= 4 is 39.6 Å². The summed E-state index contributed by atoms with van der Waals surface area (Å²) in [6.45, 7) is 0.589. The molecule has 37 heavy (non-hydrogen) atoms. The summed E-state index contributed by atoms with van der Waals surface area (Å²) in [5.41, 5.74) is 4.89. The molecule has 5 aromatic rings. The van der Waals surface area contributed by atoms with Crippen molar-refractivity contribution in [2.45, 2.75) is 19.6 Å². The molecule has 188 valence electrons. The monoisotopic (exact) mass is 496 g/mol. The van der Waals surface area contributed by atoms with Crippen molar-refractivity contribution in [2.24, 2.45) is 7.05 Å². The SMILES string of the molecule is COCc1nc2cc(NC(=O)Cc3ccccc3)cc(C(=O)N(C)Cc3nc4ccccc4[nH]3)c2n1C. The number of benzene rings is 3. The van der Waals surface area contributed by atoms with E-state index in [-0.39, 0.29) is 18.2 Å². The Morgan fingerprint density at radius 3 is 2.54 bits per heavy atom. The summed E-state index contributed by atoms with van der Waals surface area (Å²) in [5, 5.41) is 2.94. The second kappa shape index (κ2) is 10.2. The first kappa shape index (κ1) is 24.2. The summed E-state index contributed by atoms with van der Waals surface area (Å²) in [7, 11) is 5.18. The van der Waals surface area contributed by atoms with Crippen LogP contribution in [-0.4, -0.2) is 50.4 Å². The predicted molar refractivity (Wildman–Crippen MR) is 142 cm³/mol. The molecule has 0 fully saturated rings. The van der Waals surface area contributed by atoms with E-state index in [9.17, 15) is 9.59 Å². The highest BCUT2D eigenvalue weighted by atomic mass is 16.5. The number of nitrogens with one attached hydrogen (secondary N) is 2. The van der Waals surface area contributed by atoms with Crippen LogP contribution in [0.1, 0.15) is 27.6 Å². The Bertz CT molecular complexity index is 1560. The molecule has 0 bridgehead atoms. The first-order chi connectivity index (χ1) is 17.9. The van der Waals surface area contributed by atoms with Crippen molar-refractivity contribution in [1.82, 2.24) is 24.4 Å². The van der Waals surface area contributed by atoms with Gasteiger partial charge in [0.15, 0.2) is 0 Å². The number of nitrogens with zero attached hydrogens (tertiary/aromatic N) is 4. The lowest BCUT2D eigenvalue weighted by Crippen LogP contribution is -2.27. The van der Waals surface area contributed by atoms with E-state index < -0.39 is 0 Å². The van der Waals surface area contributed by atoms with E-state index in [1.807, 2.05) is 66.2 Å². The summed E-state index contributed by atoms with van der Waals surface area (Å²) in [6.07, 6.45) is 0.227. The Hall–Kier alpha value is -4.50. The minimum absolute atomic E-state index is 0.173. The minimum Gasteiger partial charge on any atom is -0.377 e. The molecule has 0 saturated carbocycles. The van der Waals surface area contributed by atoms with Crippen molar-refractivity contribution in [3.63, 3.8) is 0 Å². The van der Waals surface area contributed by atoms with E-state index in [4.69, 9.17) is 4.74 Å². The predicted octanol–water partition coefficient (Wildman–Crippen LogP) is 4.05. The lowest BCUT2D eigenvalue weighted by molar-refractivity contribution is -0.115. The molecule has 9 heteroatoms. The van der Waals surface area contributed by atoms with Crippen LogP contribution in [-0.2, 0) is 36.2 Å². The summed E-state index contributed by atoms with van der Waals surface area (Å²) in [6, 6.07) is 20.7. The van der Waals surface area contributed by atoms with Crippen LogP contribution in [0.4, 0.5) is 5.69 Å². The van der Waals surface area contributed by atoms with Gasteiger partial charge in [0.1, 0.15) is 18.3 Å². The van der Waals surface area contributed by atoms with Crippen LogP contribution in [0.25, 0.3) is 22.1 Å². The van der Waals surface area contributed by atoms with E-state index in [1.165, 1.54) is 0 Å². The average Bonchev–Trinajstić information content (AvgIpc) is 3.43. The van der Waals surface area contributed by atoms with E-state index in [0.29, 0.717) is 47.1 Å². The average molecular weight is 497 g/mol. The number of aryl methyl sites for hydroxylation is 1. The number of carbonyl (C=O) groups is 2. The molecule has 2 amide bonds. The number of ether oxygens (including phenoxy) is 1. The first-order valence-corrected chi connectivity index (χ1v) is 11.9. The highest BCUT2D eigenvalue weighted by Crippen LogP contribution is 2.27. The number of imidazole rings is 2. The number of methoxy groups -OCH3 is 1. The van der Waals surface area contributed by atoms with E-state index in [0.717, 1.165) is 16.6 Å². The fourth-order valence-electron chi connectivity index (χ4n) is 4.46. The molecule has 2 heterocycles. The maximum Gasteiger partial charge on any atom is 0.256 e. The molecule has 0 unspecified atom stereocenters. The van der Waals surface area contributed by atoms with Crippen LogP contribution in [0, 0.1) is 0 Å². The molecule has 0 aliphatic rings. The van der Waals surface area contributed by atoms with E-state index in [1.54, 1.807) is 31.2 Å². The van der Waals surface area contributed by atoms with Gasteiger partial charge in [0, 0.05) is 26.9 Å². The number of hydrogen-bond donors (Lipinski definition) is 2.